The molecule has 148 valence electrons. The van der Waals surface area contributed by atoms with E-state index >= 15 is 0 Å². The quantitative estimate of drug-likeness (QED) is 0.463. The van der Waals surface area contributed by atoms with E-state index in [1.807, 2.05) is 74.5 Å². The fourth-order valence-electron chi connectivity index (χ4n) is 2.94. The zero-order valence-corrected chi connectivity index (χ0v) is 16.8. The van der Waals surface area contributed by atoms with E-state index in [0.717, 1.165) is 16.8 Å². The molecule has 0 unspecified atom stereocenters. The molecule has 0 saturated carbocycles. The smallest absolute Gasteiger partial charge is 0.255 e. The molecule has 0 saturated heterocycles. The van der Waals surface area contributed by atoms with Crippen LogP contribution < -0.4 is 10.1 Å². The van der Waals surface area contributed by atoms with Crippen LogP contribution in [0.5, 0.6) is 11.6 Å². The number of benzene rings is 3. The summed E-state index contributed by atoms with van der Waals surface area (Å²) in [5.74, 6) is 1.54. The zero-order valence-electron chi connectivity index (χ0n) is 16.8. The van der Waals surface area contributed by atoms with E-state index < -0.39 is 0 Å². The molecule has 0 aliphatic rings. The number of para-hydroxylation sites is 1. The van der Waals surface area contributed by atoms with Gasteiger partial charge in [0.05, 0.1) is 0 Å². The number of aryl methyl sites for hydroxylation is 2. The minimum absolute atomic E-state index is 0.160. The van der Waals surface area contributed by atoms with Gasteiger partial charge < -0.3 is 10.1 Å². The molecule has 0 atom stereocenters. The Morgan fingerprint density at radius 2 is 1.63 bits per heavy atom. The molecule has 4 rings (SSSR count). The predicted molar refractivity (Wildman–Crippen MR) is 118 cm³/mol. The van der Waals surface area contributed by atoms with Gasteiger partial charge >= 0.3 is 0 Å². The van der Waals surface area contributed by atoms with E-state index in [4.69, 9.17) is 4.74 Å². The first kappa shape index (κ1) is 19.3. The number of anilines is 1. The molecule has 3 aromatic carbocycles. The number of hydrogen-bond acceptors (Lipinski definition) is 4. The lowest BCUT2D eigenvalue weighted by molar-refractivity contribution is 0.102. The van der Waals surface area contributed by atoms with E-state index in [0.29, 0.717) is 23.0 Å². The topological polar surface area (TPSA) is 64.1 Å². The average Bonchev–Trinajstić information content (AvgIpc) is 2.77. The van der Waals surface area contributed by atoms with Gasteiger partial charge in [-0.2, -0.15) is 4.98 Å². The molecular formula is C25H21N3O2. The molecule has 0 radical (unpaired) electrons. The highest BCUT2D eigenvalue weighted by atomic mass is 16.5. The Kier molecular flexibility index (Phi) is 5.52. The van der Waals surface area contributed by atoms with Gasteiger partial charge in [0, 0.05) is 29.1 Å². The fourth-order valence-corrected chi connectivity index (χ4v) is 2.94. The van der Waals surface area contributed by atoms with Gasteiger partial charge in [0.1, 0.15) is 5.75 Å². The Morgan fingerprint density at radius 3 is 2.37 bits per heavy atom. The van der Waals surface area contributed by atoms with Crippen molar-refractivity contribution in [3.8, 4) is 23.0 Å². The van der Waals surface area contributed by atoms with Gasteiger partial charge in [-0.15, -0.1) is 0 Å². The highest BCUT2D eigenvalue weighted by Crippen LogP contribution is 2.22. The van der Waals surface area contributed by atoms with Crippen molar-refractivity contribution in [2.75, 3.05) is 5.32 Å². The van der Waals surface area contributed by atoms with Crippen molar-refractivity contribution in [1.29, 1.82) is 0 Å². The Hall–Kier alpha value is -3.99. The van der Waals surface area contributed by atoms with Crippen molar-refractivity contribution in [2.24, 2.45) is 0 Å². The van der Waals surface area contributed by atoms with Crippen molar-refractivity contribution in [3.63, 3.8) is 0 Å². The summed E-state index contributed by atoms with van der Waals surface area (Å²) in [5, 5.41) is 2.93. The summed E-state index contributed by atoms with van der Waals surface area (Å²) in [7, 11) is 0. The van der Waals surface area contributed by atoms with Gasteiger partial charge in [-0.3, -0.25) is 4.79 Å². The van der Waals surface area contributed by atoms with Crippen LogP contribution in [0.25, 0.3) is 11.4 Å². The summed E-state index contributed by atoms with van der Waals surface area (Å²) in [6.45, 7) is 4.07. The number of amides is 1. The maximum atomic E-state index is 12.6. The molecule has 0 aliphatic carbocycles. The third kappa shape index (κ3) is 4.52. The maximum Gasteiger partial charge on any atom is 0.255 e. The van der Waals surface area contributed by atoms with E-state index in [9.17, 15) is 4.79 Å². The molecule has 1 N–H and O–H groups in total. The first-order valence-electron chi connectivity index (χ1n) is 9.63. The Morgan fingerprint density at radius 1 is 0.867 bits per heavy atom. The average molecular weight is 395 g/mol. The third-order valence-corrected chi connectivity index (χ3v) is 4.77. The number of aromatic nitrogens is 2. The summed E-state index contributed by atoms with van der Waals surface area (Å²) in [6.07, 6.45) is 1.65. The van der Waals surface area contributed by atoms with Crippen LogP contribution in [0.15, 0.2) is 85.1 Å². The van der Waals surface area contributed by atoms with Crippen LogP contribution >= 0.6 is 0 Å². The summed E-state index contributed by atoms with van der Waals surface area (Å²) in [6, 6.07) is 24.2. The normalized spacial score (nSPS) is 10.5. The highest BCUT2D eigenvalue weighted by Gasteiger charge is 2.09. The van der Waals surface area contributed by atoms with Crippen molar-refractivity contribution < 1.29 is 9.53 Å². The zero-order chi connectivity index (χ0) is 20.9. The third-order valence-electron chi connectivity index (χ3n) is 4.77. The number of carbonyl (C=O) groups excluding carboxylic acids is 1. The van der Waals surface area contributed by atoms with Crippen LogP contribution in [0.4, 0.5) is 5.69 Å². The minimum Gasteiger partial charge on any atom is -0.439 e. The monoisotopic (exact) mass is 395 g/mol. The van der Waals surface area contributed by atoms with Gasteiger partial charge in [0.25, 0.3) is 5.91 Å². The van der Waals surface area contributed by atoms with Gasteiger partial charge in [0.15, 0.2) is 5.82 Å². The lowest BCUT2D eigenvalue weighted by Crippen LogP contribution is -2.12. The molecule has 30 heavy (non-hydrogen) atoms. The minimum atomic E-state index is -0.160. The van der Waals surface area contributed by atoms with Crippen LogP contribution in [-0.4, -0.2) is 15.9 Å². The standard InChI is InChI=1S/C25H21N3O2/c1-17-8-13-21(16-18(17)2)27-25(29)20-11-9-19(10-12-20)24-26-15-14-23(28-24)30-22-6-4-3-5-7-22/h3-16H,1-2H3,(H,27,29). The summed E-state index contributed by atoms with van der Waals surface area (Å²) < 4.78 is 5.77. The molecule has 0 fully saturated rings. The molecule has 5 heteroatoms. The van der Waals surface area contributed by atoms with Crippen LogP contribution in [0.1, 0.15) is 21.5 Å². The molecule has 1 heterocycles. The number of hydrogen-bond donors (Lipinski definition) is 1. The second kappa shape index (κ2) is 8.57. The van der Waals surface area contributed by atoms with E-state index in [1.165, 1.54) is 5.56 Å². The van der Waals surface area contributed by atoms with Crippen molar-refractivity contribution in [2.45, 2.75) is 13.8 Å². The SMILES string of the molecule is Cc1ccc(NC(=O)c2ccc(-c3nccc(Oc4ccccc4)n3)cc2)cc1C. The number of carbonyl (C=O) groups is 1. The van der Waals surface area contributed by atoms with Crippen LogP contribution in [-0.2, 0) is 0 Å². The van der Waals surface area contributed by atoms with E-state index in [1.54, 1.807) is 24.4 Å². The van der Waals surface area contributed by atoms with Crippen LogP contribution in [0.3, 0.4) is 0 Å². The molecule has 5 nitrogen and oxygen atoms in total. The Balaban J connectivity index is 1.48. The molecule has 0 spiro atoms. The molecule has 0 bridgehead atoms. The molecule has 0 aliphatic heterocycles. The number of nitrogens with one attached hydrogen (secondary N) is 1. The fraction of sp³-hybridized carbons (Fsp3) is 0.0800. The van der Waals surface area contributed by atoms with Gasteiger partial charge in [0.2, 0.25) is 5.88 Å². The number of nitrogens with zero attached hydrogens (tertiary/aromatic N) is 2. The van der Waals surface area contributed by atoms with Crippen LogP contribution in [0, 0.1) is 13.8 Å². The molecule has 4 aromatic rings. The summed E-state index contributed by atoms with van der Waals surface area (Å²) in [5.41, 5.74) is 4.47. The summed E-state index contributed by atoms with van der Waals surface area (Å²) >= 11 is 0. The number of ether oxygens (including phenoxy) is 1. The van der Waals surface area contributed by atoms with Crippen molar-refractivity contribution in [3.05, 3.63) is 102 Å². The van der Waals surface area contributed by atoms with Gasteiger partial charge in [-0.05, 0) is 61.4 Å². The molecular weight excluding hydrogens is 374 g/mol. The highest BCUT2D eigenvalue weighted by molar-refractivity contribution is 6.04. The number of rotatable bonds is 5. The largest absolute Gasteiger partial charge is 0.439 e. The van der Waals surface area contributed by atoms with Gasteiger partial charge in [-0.25, -0.2) is 4.98 Å². The lowest BCUT2D eigenvalue weighted by Gasteiger charge is -2.09. The van der Waals surface area contributed by atoms with E-state index in [-0.39, 0.29) is 5.91 Å². The first-order chi connectivity index (χ1) is 14.6. The second-order valence-electron chi connectivity index (χ2n) is 6.96. The molecule has 1 amide bonds. The first-order valence-corrected chi connectivity index (χ1v) is 9.63. The van der Waals surface area contributed by atoms with E-state index in [2.05, 4.69) is 15.3 Å². The van der Waals surface area contributed by atoms with Gasteiger partial charge in [-0.1, -0.05) is 36.4 Å². The Bertz CT molecular complexity index is 1170. The predicted octanol–water partition coefficient (Wildman–Crippen LogP) is 5.81. The second-order valence-corrected chi connectivity index (χ2v) is 6.96. The van der Waals surface area contributed by atoms with Crippen LogP contribution in [0.2, 0.25) is 0 Å². The lowest BCUT2D eigenvalue weighted by atomic mass is 10.1. The Labute approximate surface area is 175 Å². The van der Waals surface area contributed by atoms with Crippen molar-refractivity contribution in [1.82, 2.24) is 9.97 Å². The maximum absolute atomic E-state index is 12.6. The summed E-state index contributed by atoms with van der Waals surface area (Å²) in [4.78, 5) is 21.3. The molecule has 1 aromatic heterocycles. The van der Waals surface area contributed by atoms with Crippen molar-refractivity contribution >= 4 is 11.6 Å².